The van der Waals surface area contributed by atoms with Crippen molar-refractivity contribution in [1.29, 1.82) is 0 Å². The van der Waals surface area contributed by atoms with Crippen LogP contribution in [0.2, 0.25) is 0 Å². The van der Waals surface area contributed by atoms with Gasteiger partial charge in [0, 0.05) is 11.8 Å². The number of hydrogen-bond acceptors (Lipinski definition) is 5. The fourth-order valence-corrected chi connectivity index (χ4v) is 3.39. The van der Waals surface area contributed by atoms with Gasteiger partial charge in [-0.1, -0.05) is 44.2 Å². The molecule has 0 aliphatic heterocycles. The van der Waals surface area contributed by atoms with E-state index in [2.05, 4.69) is 10.1 Å². The topological polar surface area (TPSA) is 56.5 Å². The van der Waals surface area contributed by atoms with E-state index in [4.69, 9.17) is 4.74 Å². The van der Waals surface area contributed by atoms with E-state index in [0.29, 0.717) is 12.1 Å². The van der Waals surface area contributed by atoms with Gasteiger partial charge in [0.2, 0.25) is 4.96 Å². The number of imidazole rings is 1. The molecular weight excluding hydrogens is 310 g/mol. The van der Waals surface area contributed by atoms with Crippen LogP contribution < -0.4 is 4.74 Å². The molecule has 0 spiro atoms. The Kier molecular flexibility index (Phi) is 3.93. The SMILES string of the molecule is COc1ccc(Cc2nn3c(C=O)c(C(C)(C)C)nc3s2)cc1. The lowest BCUT2D eigenvalue weighted by Gasteiger charge is -2.15. The number of fused-ring (bicyclic) bond motifs is 1. The van der Waals surface area contributed by atoms with Crippen molar-refractivity contribution in [2.75, 3.05) is 7.11 Å². The summed E-state index contributed by atoms with van der Waals surface area (Å²) in [7, 11) is 1.65. The molecule has 0 radical (unpaired) electrons. The maximum atomic E-state index is 11.5. The molecular formula is C17H19N3O2S. The smallest absolute Gasteiger partial charge is 0.213 e. The van der Waals surface area contributed by atoms with Crippen molar-refractivity contribution in [2.45, 2.75) is 32.6 Å². The van der Waals surface area contributed by atoms with Crippen LogP contribution in [-0.4, -0.2) is 28.0 Å². The molecule has 0 atom stereocenters. The van der Waals surface area contributed by atoms with Crippen molar-refractivity contribution >= 4 is 22.6 Å². The van der Waals surface area contributed by atoms with Gasteiger partial charge in [-0.2, -0.15) is 9.61 Å². The first-order valence-corrected chi connectivity index (χ1v) is 8.21. The minimum absolute atomic E-state index is 0.181. The van der Waals surface area contributed by atoms with Crippen molar-refractivity contribution in [3.05, 3.63) is 46.2 Å². The number of ether oxygens (including phenoxy) is 1. The zero-order valence-electron chi connectivity index (χ0n) is 13.7. The Morgan fingerprint density at radius 3 is 2.52 bits per heavy atom. The largest absolute Gasteiger partial charge is 0.497 e. The van der Waals surface area contributed by atoms with Gasteiger partial charge < -0.3 is 4.74 Å². The Morgan fingerprint density at radius 1 is 1.26 bits per heavy atom. The lowest BCUT2D eigenvalue weighted by molar-refractivity contribution is 0.111. The molecule has 0 aliphatic carbocycles. The molecule has 3 aromatic rings. The minimum atomic E-state index is -0.181. The van der Waals surface area contributed by atoms with Gasteiger partial charge in [-0.3, -0.25) is 4.79 Å². The Balaban J connectivity index is 1.94. The molecule has 2 heterocycles. The molecule has 2 aromatic heterocycles. The van der Waals surface area contributed by atoms with Crippen LogP contribution >= 0.6 is 11.3 Å². The fourth-order valence-electron chi connectivity index (χ4n) is 2.45. The van der Waals surface area contributed by atoms with E-state index in [9.17, 15) is 4.79 Å². The zero-order valence-corrected chi connectivity index (χ0v) is 14.5. The quantitative estimate of drug-likeness (QED) is 0.688. The van der Waals surface area contributed by atoms with Crippen LogP contribution in [0.1, 0.15) is 47.5 Å². The van der Waals surface area contributed by atoms with Crippen LogP contribution in [0.15, 0.2) is 24.3 Å². The summed E-state index contributed by atoms with van der Waals surface area (Å²) in [4.78, 5) is 16.9. The molecule has 1 aromatic carbocycles. The molecule has 6 heteroatoms. The molecule has 0 aliphatic rings. The van der Waals surface area contributed by atoms with E-state index in [0.717, 1.165) is 33.3 Å². The van der Waals surface area contributed by atoms with Crippen molar-refractivity contribution in [3.63, 3.8) is 0 Å². The van der Waals surface area contributed by atoms with Crippen molar-refractivity contribution in [3.8, 4) is 5.75 Å². The molecule has 0 saturated heterocycles. The van der Waals surface area contributed by atoms with Crippen LogP contribution in [0.5, 0.6) is 5.75 Å². The summed E-state index contributed by atoms with van der Waals surface area (Å²) in [5, 5.41) is 5.50. The zero-order chi connectivity index (χ0) is 16.6. The average Bonchev–Trinajstić information content (AvgIpc) is 3.04. The molecule has 0 amide bonds. The first kappa shape index (κ1) is 15.7. The summed E-state index contributed by atoms with van der Waals surface area (Å²) in [6.45, 7) is 6.14. The van der Waals surface area contributed by atoms with Gasteiger partial charge in [-0.25, -0.2) is 4.98 Å². The molecule has 0 saturated carbocycles. The first-order chi connectivity index (χ1) is 10.9. The van der Waals surface area contributed by atoms with Gasteiger partial charge in [0.1, 0.15) is 16.5 Å². The summed E-state index contributed by atoms with van der Waals surface area (Å²) in [5.74, 6) is 0.834. The number of aromatic nitrogens is 3. The highest BCUT2D eigenvalue weighted by Crippen LogP contribution is 2.28. The number of methoxy groups -OCH3 is 1. The number of hydrogen-bond donors (Lipinski definition) is 0. The van der Waals surface area contributed by atoms with Gasteiger partial charge in [-0.05, 0) is 17.7 Å². The summed E-state index contributed by atoms with van der Waals surface area (Å²) in [6, 6.07) is 7.90. The maximum Gasteiger partial charge on any atom is 0.213 e. The fraction of sp³-hybridized carbons (Fsp3) is 0.353. The summed E-state index contributed by atoms with van der Waals surface area (Å²) < 4.78 is 6.83. The van der Waals surface area contributed by atoms with Crippen LogP contribution in [0.4, 0.5) is 0 Å². The van der Waals surface area contributed by atoms with Crippen LogP contribution in [-0.2, 0) is 11.8 Å². The normalized spacial score (nSPS) is 11.8. The molecule has 5 nitrogen and oxygen atoms in total. The van der Waals surface area contributed by atoms with Crippen molar-refractivity contribution < 1.29 is 9.53 Å². The second-order valence-electron chi connectivity index (χ2n) is 6.43. The molecule has 0 unspecified atom stereocenters. The highest BCUT2D eigenvalue weighted by atomic mass is 32.1. The van der Waals surface area contributed by atoms with E-state index in [1.54, 1.807) is 11.6 Å². The highest BCUT2D eigenvalue weighted by Gasteiger charge is 2.25. The van der Waals surface area contributed by atoms with E-state index in [1.165, 1.54) is 11.3 Å². The highest BCUT2D eigenvalue weighted by molar-refractivity contribution is 7.16. The molecule has 23 heavy (non-hydrogen) atoms. The third-order valence-electron chi connectivity index (χ3n) is 3.62. The Hall–Kier alpha value is -2.21. The Morgan fingerprint density at radius 2 is 1.96 bits per heavy atom. The predicted octanol–water partition coefficient (Wildman–Crippen LogP) is 3.50. The van der Waals surface area contributed by atoms with Gasteiger partial charge in [0.25, 0.3) is 0 Å². The number of carbonyl (C=O) groups excluding carboxylic acids is 1. The molecule has 0 bridgehead atoms. The first-order valence-electron chi connectivity index (χ1n) is 7.39. The van der Waals surface area contributed by atoms with Crippen LogP contribution in [0.25, 0.3) is 4.96 Å². The predicted molar refractivity (Wildman–Crippen MR) is 90.8 cm³/mol. The second-order valence-corrected chi connectivity index (χ2v) is 7.47. The monoisotopic (exact) mass is 329 g/mol. The molecule has 3 rings (SSSR count). The molecule has 0 fully saturated rings. The number of nitrogens with zero attached hydrogens (tertiary/aromatic N) is 3. The van der Waals surface area contributed by atoms with Crippen molar-refractivity contribution in [1.82, 2.24) is 14.6 Å². The number of carbonyl (C=O) groups is 1. The molecule has 120 valence electrons. The van der Waals surface area contributed by atoms with Gasteiger partial charge in [0.05, 0.1) is 12.8 Å². The van der Waals surface area contributed by atoms with E-state index < -0.39 is 0 Å². The van der Waals surface area contributed by atoms with E-state index >= 15 is 0 Å². The third kappa shape index (κ3) is 2.99. The summed E-state index contributed by atoms with van der Waals surface area (Å²) >= 11 is 1.52. The Bertz CT molecular complexity index is 841. The average molecular weight is 329 g/mol. The van der Waals surface area contributed by atoms with Crippen LogP contribution in [0.3, 0.4) is 0 Å². The number of benzene rings is 1. The van der Waals surface area contributed by atoms with Gasteiger partial charge in [0.15, 0.2) is 6.29 Å². The Labute approximate surface area is 138 Å². The minimum Gasteiger partial charge on any atom is -0.497 e. The number of rotatable bonds is 4. The lowest BCUT2D eigenvalue weighted by atomic mass is 9.91. The standard InChI is InChI=1S/C17H19N3O2S/c1-17(2,3)15-13(10-21)20-16(18-15)23-14(19-20)9-11-5-7-12(22-4)8-6-11/h5-8,10H,9H2,1-4H3. The maximum absolute atomic E-state index is 11.5. The van der Waals surface area contributed by atoms with Crippen LogP contribution in [0, 0.1) is 0 Å². The summed E-state index contributed by atoms with van der Waals surface area (Å²) in [6.07, 6.45) is 1.55. The number of aldehydes is 1. The summed E-state index contributed by atoms with van der Waals surface area (Å²) in [5.41, 5.74) is 2.30. The van der Waals surface area contributed by atoms with E-state index in [-0.39, 0.29) is 5.41 Å². The second kappa shape index (κ2) is 5.77. The van der Waals surface area contributed by atoms with Gasteiger partial charge in [-0.15, -0.1) is 0 Å². The third-order valence-corrected chi connectivity index (χ3v) is 4.52. The van der Waals surface area contributed by atoms with Crippen molar-refractivity contribution in [2.24, 2.45) is 0 Å². The van der Waals surface area contributed by atoms with E-state index in [1.807, 2.05) is 45.0 Å². The molecule has 0 N–H and O–H groups in total. The van der Waals surface area contributed by atoms with Gasteiger partial charge >= 0.3 is 0 Å². The lowest BCUT2D eigenvalue weighted by Crippen LogP contribution is -2.15.